The highest BCUT2D eigenvalue weighted by atomic mass is 16.7. The van der Waals surface area contributed by atoms with Crippen LogP contribution in [0.4, 0.5) is 0 Å². The Morgan fingerprint density at radius 3 is 2.53 bits per heavy atom. The predicted molar refractivity (Wildman–Crippen MR) is 109 cm³/mol. The van der Waals surface area contributed by atoms with Gasteiger partial charge in [0.25, 0.3) is 0 Å². The number of carbonyl (C=O) groups excluding carboxylic acids is 1. The molecule has 174 valence electrons. The molecule has 0 aromatic rings. The van der Waals surface area contributed by atoms with Crippen LogP contribution < -0.4 is 22.9 Å². The second kappa shape index (κ2) is 10.8. The molecule has 1 aliphatic heterocycles. The smallest absolute Gasteiger partial charge is 0.244 e. The molecule has 12 heteroatoms. The summed E-state index contributed by atoms with van der Waals surface area (Å²) in [5.74, 6) is -0.424. The number of nitrogens with zero attached hydrogens (tertiary/aromatic N) is 2. The number of ether oxygens (including phenoxy) is 3. The van der Waals surface area contributed by atoms with Gasteiger partial charge in [-0.25, -0.2) is 0 Å². The number of carbonyl (C=O) groups is 1. The molecule has 10 atom stereocenters. The van der Waals surface area contributed by atoms with Crippen LogP contribution >= 0.6 is 0 Å². The number of rotatable bonds is 7. The zero-order chi connectivity index (χ0) is 22.6. The molecular weight excluding hydrogens is 396 g/mol. The number of nitrogens with two attached hydrogens (primary N) is 4. The second-order valence-corrected chi connectivity index (χ2v) is 7.99. The van der Waals surface area contributed by atoms with Crippen LogP contribution in [0.2, 0.25) is 0 Å². The molecule has 12 nitrogen and oxygen atoms in total. The predicted octanol–water partition coefficient (Wildman–Crippen LogP) is -3.56. The maximum absolute atomic E-state index is 12.4. The van der Waals surface area contributed by atoms with Gasteiger partial charge in [-0.2, -0.15) is 0 Å². The third-order valence-corrected chi connectivity index (χ3v) is 5.90. The van der Waals surface area contributed by atoms with Crippen LogP contribution in [0.15, 0.2) is 4.99 Å². The highest BCUT2D eigenvalue weighted by Crippen LogP contribution is 2.31. The summed E-state index contributed by atoms with van der Waals surface area (Å²) < 4.78 is 17.2. The lowest BCUT2D eigenvalue weighted by atomic mass is 9.80. The summed E-state index contributed by atoms with van der Waals surface area (Å²) >= 11 is 0. The Hall–Kier alpha value is -1.38. The third kappa shape index (κ3) is 5.26. The van der Waals surface area contributed by atoms with Crippen LogP contribution in [0, 0.1) is 0 Å². The monoisotopic (exact) mass is 432 g/mol. The number of amides is 1. The summed E-state index contributed by atoms with van der Waals surface area (Å²) in [6, 6.07) is -2.62. The molecule has 1 saturated carbocycles. The van der Waals surface area contributed by atoms with Gasteiger partial charge in [0, 0.05) is 20.2 Å². The van der Waals surface area contributed by atoms with Gasteiger partial charge < -0.3 is 52.3 Å². The van der Waals surface area contributed by atoms with E-state index < -0.39 is 54.7 Å². The first-order valence-corrected chi connectivity index (χ1v) is 10.1. The van der Waals surface area contributed by atoms with Gasteiger partial charge in [0.1, 0.15) is 24.9 Å². The highest BCUT2D eigenvalue weighted by Gasteiger charge is 2.53. The van der Waals surface area contributed by atoms with Crippen LogP contribution in [-0.4, -0.2) is 109 Å². The normalized spacial score (nSPS) is 41.0. The van der Waals surface area contributed by atoms with Crippen LogP contribution in [0.5, 0.6) is 0 Å². The fourth-order valence-electron chi connectivity index (χ4n) is 4.05. The average Bonchev–Trinajstić information content (AvgIpc) is 2.72. The van der Waals surface area contributed by atoms with Gasteiger partial charge in [-0.3, -0.25) is 9.79 Å². The van der Waals surface area contributed by atoms with Crippen molar-refractivity contribution in [3.05, 3.63) is 0 Å². The van der Waals surface area contributed by atoms with Gasteiger partial charge in [-0.05, 0) is 19.8 Å². The van der Waals surface area contributed by atoms with Gasteiger partial charge in [0.05, 0.1) is 36.7 Å². The minimum absolute atomic E-state index is 0.215. The molecule has 1 heterocycles. The van der Waals surface area contributed by atoms with E-state index in [2.05, 4.69) is 4.99 Å². The summed E-state index contributed by atoms with van der Waals surface area (Å²) in [5.41, 5.74) is 23.5. The number of hydrogen-bond acceptors (Lipinski definition) is 10. The lowest BCUT2D eigenvalue weighted by molar-refractivity contribution is -0.267. The first kappa shape index (κ1) is 24.9. The molecule has 0 aromatic heterocycles. The molecule has 1 amide bonds. The summed E-state index contributed by atoms with van der Waals surface area (Å²) in [5, 5.41) is 21.8. The Kier molecular flexibility index (Phi) is 8.94. The summed E-state index contributed by atoms with van der Waals surface area (Å²) in [7, 11) is 2.84. The standard InChI is InChI=1S/C18H36N6O6/c1-8(20)10-5-4-9(21)18(29-10)30-16-12(22)14(26)17(28-3)13(15(16)27)24(2)11(25)6-23-7-19/h7-10,12-18,26-27H,4-6,20-22H2,1-3H3,(H2,19,23)/t8-,9+,10+,12+,13+,14-,15-,16+,17+,18+/m0/s1. The Morgan fingerprint density at radius 2 is 1.97 bits per heavy atom. The van der Waals surface area contributed by atoms with E-state index in [0.717, 1.165) is 6.34 Å². The minimum Gasteiger partial charge on any atom is -0.390 e. The van der Waals surface area contributed by atoms with Crippen molar-refractivity contribution in [1.29, 1.82) is 0 Å². The molecule has 0 unspecified atom stereocenters. The van der Waals surface area contributed by atoms with E-state index in [-0.39, 0.29) is 18.7 Å². The van der Waals surface area contributed by atoms with Crippen molar-refractivity contribution in [2.75, 3.05) is 20.7 Å². The van der Waals surface area contributed by atoms with Gasteiger partial charge in [-0.15, -0.1) is 0 Å². The molecular formula is C18H36N6O6. The van der Waals surface area contributed by atoms with Crippen molar-refractivity contribution < 1.29 is 29.2 Å². The fourth-order valence-corrected chi connectivity index (χ4v) is 4.05. The molecule has 0 spiro atoms. The molecule has 0 radical (unpaired) electrons. The number of aliphatic hydroxyl groups is 2. The van der Waals surface area contributed by atoms with E-state index in [9.17, 15) is 15.0 Å². The van der Waals surface area contributed by atoms with Crippen LogP contribution in [0.1, 0.15) is 19.8 Å². The van der Waals surface area contributed by atoms with Crippen molar-refractivity contribution in [2.24, 2.45) is 27.9 Å². The summed E-state index contributed by atoms with van der Waals surface area (Å²) in [4.78, 5) is 17.4. The quantitative estimate of drug-likeness (QED) is 0.172. The van der Waals surface area contributed by atoms with E-state index in [4.69, 9.17) is 37.1 Å². The molecule has 2 aliphatic rings. The highest BCUT2D eigenvalue weighted by molar-refractivity contribution is 5.79. The first-order valence-electron chi connectivity index (χ1n) is 10.1. The molecule has 30 heavy (non-hydrogen) atoms. The zero-order valence-electron chi connectivity index (χ0n) is 17.7. The molecule has 2 rings (SSSR count). The van der Waals surface area contributed by atoms with E-state index in [1.54, 1.807) is 0 Å². The van der Waals surface area contributed by atoms with Crippen molar-refractivity contribution in [1.82, 2.24) is 4.90 Å². The van der Waals surface area contributed by atoms with Gasteiger partial charge >= 0.3 is 0 Å². The van der Waals surface area contributed by atoms with Crippen LogP contribution in [0.3, 0.4) is 0 Å². The summed E-state index contributed by atoms with van der Waals surface area (Å²) in [6.07, 6.45) is -3.29. The number of aliphatic hydroxyl groups excluding tert-OH is 2. The first-order chi connectivity index (χ1) is 14.1. The molecule has 2 fully saturated rings. The Bertz CT molecular complexity index is 596. The maximum Gasteiger partial charge on any atom is 0.244 e. The number of hydrogen-bond donors (Lipinski definition) is 6. The van der Waals surface area contributed by atoms with Gasteiger partial charge in [0.15, 0.2) is 6.29 Å². The second-order valence-electron chi connectivity index (χ2n) is 7.99. The third-order valence-electron chi connectivity index (χ3n) is 5.90. The Balaban J connectivity index is 2.23. The van der Waals surface area contributed by atoms with Crippen LogP contribution in [-0.2, 0) is 19.0 Å². The SMILES string of the molecule is CO[C@H]1[C@@H](O)[C@@H](N)[C@@H](O[C@H]2O[C@@H]([C@H](C)N)CC[C@H]2N)[C@@H](O)[C@H]1N(C)C(=O)CN=CN. The van der Waals surface area contributed by atoms with Gasteiger partial charge in [0.2, 0.25) is 5.91 Å². The van der Waals surface area contributed by atoms with E-state index in [0.29, 0.717) is 12.8 Å². The largest absolute Gasteiger partial charge is 0.390 e. The maximum atomic E-state index is 12.4. The molecule has 1 saturated heterocycles. The molecule has 0 bridgehead atoms. The van der Waals surface area contributed by atoms with E-state index >= 15 is 0 Å². The molecule has 10 N–H and O–H groups in total. The zero-order valence-corrected chi connectivity index (χ0v) is 17.7. The number of methoxy groups -OCH3 is 1. The van der Waals surface area contributed by atoms with Crippen molar-refractivity contribution in [3.8, 4) is 0 Å². The van der Waals surface area contributed by atoms with E-state index in [1.807, 2.05) is 6.92 Å². The Labute approximate surface area is 176 Å². The summed E-state index contributed by atoms with van der Waals surface area (Å²) in [6.45, 7) is 1.61. The number of likely N-dealkylation sites (N-methyl/N-ethyl adjacent to an activating group) is 1. The van der Waals surface area contributed by atoms with Crippen molar-refractivity contribution >= 4 is 12.2 Å². The van der Waals surface area contributed by atoms with Crippen molar-refractivity contribution in [3.63, 3.8) is 0 Å². The lowest BCUT2D eigenvalue weighted by Crippen LogP contribution is -2.72. The fraction of sp³-hybridized carbons (Fsp3) is 0.889. The molecule has 0 aromatic carbocycles. The van der Waals surface area contributed by atoms with Gasteiger partial charge in [-0.1, -0.05) is 0 Å². The lowest BCUT2D eigenvalue weighted by Gasteiger charge is -2.50. The number of aliphatic imine (C=N–C) groups is 1. The average molecular weight is 433 g/mol. The van der Waals surface area contributed by atoms with Crippen molar-refractivity contribution in [2.45, 2.75) is 80.7 Å². The van der Waals surface area contributed by atoms with Crippen LogP contribution in [0.25, 0.3) is 0 Å². The Morgan fingerprint density at radius 1 is 1.30 bits per heavy atom. The minimum atomic E-state index is -1.28. The molecule has 1 aliphatic carbocycles. The topological polar surface area (TPSA) is 205 Å². The van der Waals surface area contributed by atoms with E-state index in [1.165, 1.54) is 19.1 Å².